The molecule has 0 radical (unpaired) electrons. The first-order chi connectivity index (χ1) is 8.53. The van der Waals surface area contributed by atoms with Gasteiger partial charge in [0.05, 0.1) is 5.69 Å². The molecule has 1 aromatic rings. The highest BCUT2D eigenvalue weighted by Crippen LogP contribution is 2.48. The Labute approximate surface area is 109 Å². The van der Waals surface area contributed by atoms with E-state index in [1.165, 1.54) is 19.9 Å². The van der Waals surface area contributed by atoms with Crippen LogP contribution in [0.2, 0.25) is 0 Å². The van der Waals surface area contributed by atoms with Gasteiger partial charge < -0.3 is 5.32 Å². The van der Waals surface area contributed by atoms with Gasteiger partial charge in [0.25, 0.3) is 0 Å². The maximum Gasteiger partial charge on any atom is 0.242 e. The molecule has 2 rings (SSSR count). The van der Waals surface area contributed by atoms with E-state index in [0.717, 1.165) is 13.0 Å². The number of nitrogens with one attached hydrogen (secondary N) is 2. The predicted molar refractivity (Wildman–Crippen MR) is 73.1 cm³/mol. The second kappa shape index (κ2) is 4.90. The van der Waals surface area contributed by atoms with Crippen molar-refractivity contribution in [2.75, 3.05) is 18.9 Å². The molecule has 100 valence electrons. The Morgan fingerprint density at radius 3 is 2.50 bits per heavy atom. The minimum atomic E-state index is -3.40. The van der Waals surface area contributed by atoms with E-state index in [-0.39, 0.29) is 0 Å². The number of para-hydroxylation sites is 1. The lowest BCUT2D eigenvalue weighted by atomic mass is 10.0. The van der Waals surface area contributed by atoms with Gasteiger partial charge in [-0.3, -0.25) is 0 Å². The molecule has 1 aliphatic rings. The van der Waals surface area contributed by atoms with E-state index < -0.39 is 10.0 Å². The molecule has 1 fully saturated rings. The highest BCUT2D eigenvalue weighted by molar-refractivity contribution is 7.89. The summed E-state index contributed by atoms with van der Waals surface area (Å²) in [6, 6.07) is 7.03. The van der Waals surface area contributed by atoms with Crippen LogP contribution in [-0.2, 0) is 10.0 Å². The van der Waals surface area contributed by atoms with Crippen LogP contribution < -0.4 is 10.0 Å². The predicted octanol–water partition coefficient (Wildman–Crippen LogP) is 2.20. The van der Waals surface area contributed by atoms with Crippen molar-refractivity contribution in [3.05, 3.63) is 24.3 Å². The summed E-state index contributed by atoms with van der Waals surface area (Å²) < 4.78 is 26.1. The number of rotatable bonds is 6. The van der Waals surface area contributed by atoms with Crippen LogP contribution in [-0.4, -0.2) is 22.0 Å². The normalized spacial score (nSPS) is 17.4. The molecule has 1 aromatic carbocycles. The van der Waals surface area contributed by atoms with Gasteiger partial charge in [0, 0.05) is 6.54 Å². The highest BCUT2D eigenvalue weighted by Gasteiger charge is 2.40. The molecule has 0 aliphatic heterocycles. The summed E-state index contributed by atoms with van der Waals surface area (Å²) >= 11 is 0. The lowest BCUT2D eigenvalue weighted by Crippen LogP contribution is -2.21. The first kappa shape index (κ1) is 13.4. The van der Waals surface area contributed by atoms with Crippen molar-refractivity contribution < 1.29 is 8.42 Å². The van der Waals surface area contributed by atoms with E-state index in [1.807, 2.05) is 12.1 Å². The molecule has 0 aromatic heterocycles. The van der Waals surface area contributed by atoms with Gasteiger partial charge in [-0.05, 0) is 43.9 Å². The molecule has 0 heterocycles. The standard InChI is InChI=1S/C13H20N2O2S/c1-3-13(8-9-13)10-15-11-6-4-5-7-12(11)18(16,17)14-2/h4-7,14-15H,3,8-10H2,1-2H3. The summed E-state index contributed by atoms with van der Waals surface area (Å²) in [7, 11) is -1.96. The van der Waals surface area contributed by atoms with E-state index in [0.29, 0.717) is 16.0 Å². The Kier molecular flexibility index (Phi) is 3.64. The molecule has 2 N–H and O–H groups in total. The highest BCUT2D eigenvalue weighted by atomic mass is 32.2. The minimum Gasteiger partial charge on any atom is -0.383 e. The van der Waals surface area contributed by atoms with Gasteiger partial charge in [-0.15, -0.1) is 0 Å². The zero-order chi connectivity index (χ0) is 13.2. The van der Waals surface area contributed by atoms with Crippen molar-refractivity contribution in [2.45, 2.75) is 31.1 Å². The largest absolute Gasteiger partial charge is 0.383 e. The van der Waals surface area contributed by atoms with Crippen LogP contribution in [0.25, 0.3) is 0 Å². The van der Waals surface area contributed by atoms with Gasteiger partial charge in [-0.1, -0.05) is 19.1 Å². The number of benzene rings is 1. The molecular weight excluding hydrogens is 248 g/mol. The number of hydrogen-bond donors (Lipinski definition) is 2. The molecule has 5 heteroatoms. The molecule has 1 saturated carbocycles. The average molecular weight is 268 g/mol. The number of sulfonamides is 1. The van der Waals surface area contributed by atoms with Crippen LogP contribution in [0.3, 0.4) is 0 Å². The Balaban J connectivity index is 2.18. The van der Waals surface area contributed by atoms with Crippen LogP contribution in [0.15, 0.2) is 29.2 Å². The Morgan fingerprint density at radius 2 is 1.94 bits per heavy atom. The fourth-order valence-electron chi connectivity index (χ4n) is 2.07. The molecule has 18 heavy (non-hydrogen) atoms. The van der Waals surface area contributed by atoms with Gasteiger partial charge in [0.2, 0.25) is 10.0 Å². The number of hydrogen-bond acceptors (Lipinski definition) is 3. The first-order valence-electron chi connectivity index (χ1n) is 6.29. The fraction of sp³-hybridized carbons (Fsp3) is 0.538. The molecule has 0 amide bonds. The van der Waals surface area contributed by atoms with Gasteiger partial charge in [-0.2, -0.15) is 0 Å². The summed E-state index contributed by atoms with van der Waals surface area (Å²) in [6.07, 6.45) is 3.61. The molecule has 0 atom stereocenters. The van der Waals surface area contributed by atoms with Gasteiger partial charge >= 0.3 is 0 Å². The van der Waals surface area contributed by atoms with Crippen molar-refractivity contribution in [3.63, 3.8) is 0 Å². The molecular formula is C13H20N2O2S. The summed E-state index contributed by atoms with van der Waals surface area (Å²) in [4.78, 5) is 0.319. The molecule has 0 unspecified atom stereocenters. The van der Waals surface area contributed by atoms with Crippen molar-refractivity contribution in [1.29, 1.82) is 0 Å². The minimum absolute atomic E-state index is 0.319. The molecule has 0 bridgehead atoms. The van der Waals surface area contributed by atoms with Crippen molar-refractivity contribution in [3.8, 4) is 0 Å². The lowest BCUT2D eigenvalue weighted by Gasteiger charge is -2.16. The molecule has 4 nitrogen and oxygen atoms in total. The van der Waals surface area contributed by atoms with E-state index in [9.17, 15) is 8.42 Å². The summed E-state index contributed by atoms with van der Waals surface area (Å²) in [5.74, 6) is 0. The van der Waals surface area contributed by atoms with Crippen LogP contribution in [0.1, 0.15) is 26.2 Å². The summed E-state index contributed by atoms with van der Waals surface area (Å²) in [5, 5.41) is 3.29. The van der Waals surface area contributed by atoms with Crippen LogP contribution in [0.4, 0.5) is 5.69 Å². The zero-order valence-corrected chi connectivity index (χ0v) is 11.7. The molecule has 0 spiro atoms. The fourth-order valence-corrected chi connectivity index (χ4v) is 2.98. The first-order valence-corrected chi connectivity index (χ1v) is 7.78. The van der Waals surface area contributed by atoms with Crippen molar-refractivity contribution in [2.24, 2.45) is 5.41 Å². The van der Waals surface area contributed by atoms with Gasteiger partial charge in [0.15, 0.2) is 0 Å². The maximum atomic E-state index is 11.9. The van der Waals surface area contributed by atoms with Crippen LogP contribution in [0, 0.1) is 5.41 Å². The Bertz CT molecular complexity index is 522. The third-order valence-corrected chi connectivity index (χ3v) is 5.28. The second-order valence-electron chi connectivity index (χ2n) is 4.91. The average Bonchev–Trinajstić information content (AvgIpc) is 3.17. The topological polar surface area (TPSA) is 58.2 Å². The zero-order valence-electron chi connectivity index (χ0n) is 10.9. The quantitative estimate of drug-likeness (QED) is 0.831. The summed E-state index contributed by atoms with van der Waals surface area (Å²) in [6.45, 7) is 3.03. The van der Waals surface area contributed by atoms with Crippen LogP contribution in [0.5, 0.6) is 0 Å². The van der Waals surface area contributed by atoms with Crippen molar-refractivity contribution in [1.82, 2.24) is 4.72 Å². The molecule has 0 saturated heterocycles. The van der Waals surface area contributed by atoms with E-state index >= 15 is 0 Å². The van der Waals surface area contributed by atoms with Gasteiger partial charge in [0.1, 0.15) is 4.90 Å². The smallest absolute Gasteiger partial charge is 0.242 e. The monoisotopic (exact) mass is 268 g/mol. The lowest BCUT2D eigenvalue weighted by molar-refractivity contribution is 0.520. The third-order valence-electron chi connectivity index (χ3n) is 3.81. The third kappa shape index (κ3) is 2.67. The Hall–Kier alpha value is -1.07. The summed E-state index contributed by atoms with van der Waals surface area (Å²) in [5.41, 5.74) is 1.07. The second-order valence-corrected chi connectivity index (χ2v) is 6.77. The van der Waals surface area contributed by atoms with E-state index in [4.69, 9.17) is 0 Å². The van der Waals surface area contributed by atoms with Crippen molar-refractivity contribution >= 4 is 15.7 Å². The number of anilines is 1. The molecule has 1 aliphatic carbocycles. The van der Waals surface area contributed by atoms with E-state index in [1.54, 1.807) is 12.1 Å². The Morgan fingerprint density at radius 1 is 1.28 bits per heavy atom. The van der Waals surface area contributed by atoms with Crippen LogP contribution >= 0.6 is 0 Å². The maximum absolute atomic E-state index is 11.9. The SMILES string of the molecule is CCC1(CNc2ccccc2S(=O)(=O)NC)CC1. The van der Waals surface area contributed by atoms with Gasteiger partial charge in [-0.25, -0.2) is 13.1 Å². The van der Waals surface area contributed by atoms with E-state index in [2.05, 4.69) is 17.0 Å².